The SMILES string of the molecule is COc1ccc2sc(Sc3c(Cl)cc(NS(=O)(=O)c4ccc(C(F)(F)F)cc4Cl)cc3Cl)nc2c1. The Bertz CT molecular complexity index is 1520. The van der Waals surface area contributed by atoms with Crippen LogP contribution in [0, 0.1) is 0 Å². The van der Waals surface area contributed by atoms with Crippen LogP contribution in [0.15, 0.2) is 62.7 Å². The zero-order valence-electron chi connectivity index (χ0n) is 17.3. The van der Waals surface area contributed by atoms with Crippen molar-refractivity contribution in [3.8, 4) is 5.75 Å². The Morgan fingerprint density at radius 1 is 1.00 bits per heavy atom. The maximum absolute atomic E-state index is 12.9. The van der Waals surface area contributed by atoms with Gasteiger partial charge >= 0.3 is 6.18 Å². The highest BCUT2D eigenvalue weighted by molar-refractivity contribution is 8.01. The number of aromatic nitrogens is 1. The van der Waals surface area contributed by atoms with E-state index in [0.29, 0.717) is 27.1 Å². The quantitative estimate of drug-likeness (QED) is 0.242. The van der Waals surface area contributed by atoms with Crippen molar-refractivity contribution in [2.24, 2.45) is 0 Å². The normalized spacial score (nSPS) is 12.2. The Labute approximate surface area is 221 Å². The molecule has 1 N–H and O–H groups in total. The first-order chi connectivity index (χ1) is 16.4. The van der Waals surface area contributed by atoms with E-state index in [1.807, 2.05) is 12.1 Å². The number of ether oxygens (including phenoxy) is 1. The lowest BCUT2D eigenvalue weighted by atomic mass is 10.2. The molecule has 1 heterocycles. The minimum Gasteiger partial charge on any atom is -0.497 e. The van der Waals surface area contributed by atoms with Crippen LogP contribution in [0.3, 0.4) is 0 Å². The van der Waals surface area contributed by atoms with Gasteiger partial charge in [-0.05, 0) is 42.5 Å². The Morgan fingerprint density at radius 3 is 2.29 bits per heavy atom. The number of halogens is 6. The fourth-order valence-corrected chi connectivity index (χ4v) is 7.27. The van der Waals surface area contributed by atoms with Crippen LogP contribution < -0.4 is 9.46 Å². The summed E-state index contributed by atoms with van der Waals surface area (Å²) in [5.41, 5.74) is -0.321. The topological polar surface area (TPSA) is 68.3 Å². The second-order valence-electron chi connectivity index (χ2n) is 6.93. The number of methoxy groups -OCH3 is 1. The lowest BCUT2D eigenvalue weighted by Crippen LogP contribution is -2.14. The van der Waals surface area contributed by atoms with Gasteiger partial charge in [0.2, 0.25) is 0 Å². The second kappa shape index (κ2) is 9.87. The largest absolute Gasteiger partial charge is 0.497 e. The van der Waals surface area contributed by atoms with Crippen molar-refractivity contribution in [2.45, 2.75) is 20.3 Å². The summed E-state index contributed by atoms with van der Waals surface area (Å²) in [6.45, 7) is 0. The molecule has 5 nitrogen and oxygen atoms in total. The number of alkyl halides is 3. The maximum Gasteiger partial charge on any atom is 0.416 e. The van der Waals surface area contributed by atoms with Crippen molar-refractivity contribution >= 4 is 83.8 Å². The number of benzene rings is 3. The molecule has 0 unspecified atom stereocenters. The van der Waals surface area contributed by atoms with Crippen molar-refractivity contribution in [2.75, 3.05) is 11.8 Å². The summed E-state index contributed by atoms with van der Waals surface area (Å²) < 4.78 is 73.1. The van der Waals surface area contributed by atoms with Gasteiger partial charge in [0.05, 0.1) is 48.5 Å². The summed E-state index contributed by atoms with van der Waals surface area (Å²) in [4.78, 5) is 4.46. The predicted octanol–water partition coefficient (Wildman–Crippen LogP) is 8.24. The number of nitrogens with one attached hydrogen (secondary N) is 1. The molecule has 14 heteroatoms. The van der Waals surface area contributed by atoms with Gasteiger partial charge in [-0.2, -0.15) is 13.2 Å². The van der Waals surface area contributed by atoms with Crippen molar-refractivity contribution in [1.82, 2.24) is 4.98 Å². The Balaban J connectivity index is 1.59. The molecule has 4 aromatic rings. The molecule has 0 fully saturated rings. The van der Waals surface area contributed by atoms with Crippen molar-refractivity contribution in [1.29, 1.82) is 0 Å². The number of rotatable bonds is 6. The van der Waals surface area contributed by atoms with Gasteiger partial charge in [-0.3, -0.25) is 4.72 Å². The first kappa shape index (κ1) is 26.2. The van der Waals surface area contributed by atoms with Crippen LogP contribution in [0.2, 0.25) is 15.1 Å². The molecule has 35 heavy (non-hydrogen) atoms. The fourth-order valence-electron chi connectivity index (χ4n) is 2.97. The first-order valence-corrected chi connectivity index (χ1v) is 13.6. The summed E-state index contributed by atoms with van der Waals surface area (Å²) in [6, 6.07) is 10.1. The molecule has 3 aromatic carbocycles. The highest BCUT2D eigenvalue weighted by atomic mass is 35.5. The molecule has 0 saturated heterocycles. The number of thiazole rings is 1. The molecule has 0 aliphatic carbocycles. The second-order valence-corrected chi connectivity index (χ2v) is 12.1. The number of anilines is 1. The zero-order valence-corrected chi connectivity index (χ0v) is 22.0. The van der Waals surface area contributed by atoms with E-state index < -0.39 is 31.7 Å². The van der Waals surface area contributed by atoms with Crippen LogP contribution in [0.4, 0.5) is 18.9 Å². The lowest BCUT2D eigenvalue weighted by Gasteiger charge is -2.13. The smallest absolute Gasteiger partial charge is 0.416 e. The highest BCUT2D eigenvalue weighted by Gasteiger charge is 2.32. The van der Waals surface area contributed by atoms with Gasteiger partial charge in [-0.1, -0.05) is 46.6 Å². The molecule has 4 rings (SSSR count). The van der Waals surface area contributed by atoms with E-state index in [9.17, 15) is 21.6 Å². The van der Waals surface area contributed by atoms with Crippen LogP contribution in [0.1, 0.15) is 5.56 Å². The van der Waals surface area contributed by atoms with E-state index in [-0.39, 0.29) is 15.7 Å². The summed E-state index contributed by atoms with van der Waals surface area (Å²) in [5.74, 6) is 0.667. The number of fused-ring (bicyclic) bond motifs is 1. The minimum absolute atomic E-state index is 0.00866. The van der Waals surface area contributed by atoms with Gasteiger partial charge in [0, 0.05) is 6.07 Å². The van der Waals surface area contributed by atoms with Crippen LogP contribution in [0.5, 0.6) is 5.75 Å². The van der Waals surface area contributed by atoms with E-state index in [2.05, 4.69) is 9.71 Å². The Kier molecular flexibility index (Phi) is 7.38. The van der Waals surface area contributed by atoms with E-state index >= 15 is 0 Å². The van der Waals surface area contributed by atoms with Gasteiger partial charge < -0.3 is 4.74 Å². The third-order valence-electron chi connectivity index (χ3n) is 4.56. The Morgan fingerprint density at radius 2 is 1.69 bits per heavy atom. The Hall–Kier alpha value is -1.89. The molecule has 0 spiro atoms. The average molecular weight is 600 g/mol. The highest BCUT2D eigenvalue weighted by Crippen LogP contribution is 2.43. The number of hydrogen-bond donors (Lipinski definition) is 1. The van der Waals surface area contributed by atoms with Gasteiger partial charge in [0.15, 0.2) is 4.34 Å². The molecule has 184 valence electrons. The average Bonchev–Trinajstić information content (AvgIpc) is 3.16. The predicted molar refractivity (Wildman–Crippen MR) is 134 cm³/mol. The van der Waals surface area contributed by atoms with Crippen LogP contribution in [-0.2, 0) is 16.2 Å². The van der Waals surface area contributed by atoms with E-state index in [1.54, 1.807) is 13.2 Å². The van der Waals surface area contributed by atoms with Crippen molar-refractivity contribution in [3.63, 3.8) is 0 Å². The number of nitrogens with zero attached hydrogens (tertiary/aromatic N) is 1. The van der Waals surface area contributed by atoms with Gasteiger partial charge in [-0.25, -0.2) is 13.4 Å². The van der Waals surface area contributed by atoms with Crippen molar-refractivity contribution < 1.29 is 26.3 Å². The molecule has 0 saturated carbocycles. The zero-order chi connectivity index (χ0) is 25.5. The molecular weight excluding hydrogens is 588 g/mol. The third kappa shape index (κ3) is 5.76. The van der Waals surface area contributed by atoms with Gasteiger partial charge in [-0.15, -0.1) is 11.3 Å². The minimum atomic E-state index is -4.66. The lowest BCUT2D eigenvalue weighted by molar-refractivity contribution is -0.137. The molecule has 0 radical (unpaired) electrons. The molecule has 0 aliphatic heterocycles. The number of sulfonamides is 1. The molecule has 1 aromatic heterocycles. The molecule has 0 aliphatic rings. The monoisotopic (exact) mass is 598 g/mol. The van der Waals surface area contributed by atoms with E-state index in [4.69, 9.17) is 39.5 Å². The van der Waals surface area contributed by atoms with Gasteiger partial charge in [0.1, 0.15) is 10.6 Å². The summed E-state index contributed by atoms with van der Waals surface area (Å²) in [5, 5.41) is -0.282. The van der Waals surface area contributed by atoms with E-state index in [0.717, 1.165) is 16.3 Å². The van der Waals surface area contributed by atoms with Crippen LogP contribution in [0.25, 0.3) is 10.2 Å². The fraction of sp³-hybridized carbons (Fsp3) is 0.0952. The molecule has 0 amide bonds. The summed E-state index contributed by atoms with van der Waals surface area (Å²) in [7, 11) is -2.77. The summed E-state index contributed by atoms with van der Waals surface area (Å²) in [6.07, 6.45) is -4.66. The van der Waals surface area contributed by atoms with E-state index in [1.165, 1.54) is 35.2 Å². The van der Waals surface area contributed by atoms with Gasteiger partial charge in [0.25, 0.3) is 10.0 Å². The van der Waals surface area contributed by atoms with Crippen LogP contribution in [-0.4, -0.2) is 20.5 Å². The molecule has 0 atom stereocenters. The van der Waals surface area contributed by atoms with Crippen LogP contribution >= 0.6 is 57.9 Å². The molecular formula is C21H12Cl3F3N2O3S3. The first-order valence-electron chi connectivity index (χ1n) is 9.38. The molecule has 0 bridgehead atoms. The maximum atomic E-state index is 12.9. The third-order valence-corrected chi connectivity index (χ3v) is 9.49. The standard InChI is InChI=1S/C21H12Cl3F3N2O3S3/c1-32-12-3-4-17-16(9-12)28-20(33-17)34-19-14(23)7-11(8-15(19)24)29-35(30,31)18-5-2-10(6-13(18)22)21(25,26)27/h2-9,29H,1H3. The number of hydrogen-bond acceptors (Lipinski definition) is 6. The summed E-state index contributed by atoms with van der Waals surface area (Å²) >= 11 is 21.2. The van der Waals surface area contributed by atoms with Crippen molar-refractivity contribution in [3.05, 3.63) is 69.2 Å².